The first kappa shape index (κ1) is 19.5. The van der Waals surface area contributed by atoms with Gasteiger partial charge in [0, 0.05) is 10.0 Å². The van der Waals surface area contributed by atoms with Crippen molar-refractivity contribution in [2.24, 2.45) is 0 Å². The largest absolute Gasteiger partial charge is 0.468 e. The molecule has 3 rings (SSSR count). The molecule has 0 spiro atoms. The zero-order valence-electron chi connectivity index (χ0n) is 14.8. The monoisotopic (exact) mass is 406 g/mol. The van der Waals surface area contributed by atoms with Gasteiger partial charge in [0.2, 0.25) is 5.91 Å². The minimum atomic E-state index is -0.239. The van der Waals surface area contributed by atoms with E-state index in [-0.39, 0.29) is 18.5 Å². The van der Waals surface area contributed by atoms with Crippen molar-refractivity contribution < 1.29 is 13.6 Å². The fraction of sp³-hybridized carbons (Fsp3) is 0.250. The number of nitrogens with zero attached hydrogens (tertiary/aromatic N) is 1. The molecule has 0 aliphatic carbocycles. The lowest BCUT2D eigenvalue weighted by molar-refractivity contribution is -0.123. The molecule has 0 saturated carbocycles. The Bertz CT molecular complexity index is 827. The van der Waals surface area contributed by atoms with Crippen LogP contribution in [0.2, 0.25) is 10.0 Å². The van der Waals surface area contributed by atoms with Gasteiger partial charge in [0.25, 0.3) is 0 Å². The Morgan fingerprint density at radius 2 is 1.70 bits per heavy atom. The van der Waals surface area contributed by atoms with Crippen molar-refractivity contribution in [2.45, 2.75) is 26.1 Å². The maximum atomic E-state index is 12.6. The zero-order chi connectivity index (χ0) is 19.2. The highest BCUT2D eigenvalue weighted by Crippen LogP contribution is 2.26. The number of rotatable bonds is 8. The first-order chi connectivity index (χ1) is 13.0. The minimum Gasteiger partial charge on any atom is -0.468 e. The molecule has 2 heterocycles. The van der Waals surface area contributed by atoms with E-state index >= 15 is 0 Å². The molecule has 142 valence electrons. The third-order valence-electron chi connectivity index (χ3n) is 4.09. The predicted molar refractivity (Wildman–Crippen MR) is 105 cm³/mol. The fourth-order valence-corrected chi connectivity index (χ4v) is 3.41. The third-order valence-corrected chi connectivity index (χ3v) is 4.66. The van der Waals surface area contributed by atoms with Crippen LogP contribution in [-0.4, -0.2) is 17.4 Å². The molecule has 0 bridgehead atoms. The smallest absolute Gasteiger partial charge is 0.234 e. The molecule has 27 heavy (non-hydrogen) atoms. The summed E-state index contributed by atoms with van der Waals surface area (Å²) in [7, 11) is 0. The number of halogens is 2. The van der Waals surface area contributed by atoms with Crippen LogP contribution >= 0.6 is 23.2 Å². The van der Waals surface area contributed by atoms with Gasteiger partial charge >= 0.3 is 0 Å². The lowest BCUT2D eigenvalue weighted by Crippen LogP contribution is -2.37. The van der Waals surface area contributed by atoms with E-state index in [4.69, 9.17) is 32.0 Å². The Hall–Kier alpha value is -2.21. The van der Waals surface area contributed by atoms with Crippen molar-refractivity contribution in [1.82, 2.24) is 10.2 Å². The minimum absolute atomic E-state index is 0.119. The van der Waals surface area contributed by atoms with Gasteiger partial charge in [-0.2, -0.15) is 0 Å². The van der Waals surface area contributed by atoms with Gasteiger partial charge in [-0.1, -0.05) is 29.3 Å². The third kappa shape index (κ3) is 5.63. The second-order valence-electron chi connectivity index (χ2n) is 6.26. The Morgan fingerprint density at radius 1 is 1.07 bits per heavy atom. The average Bonchev–Trinajstić information content (AvgIpc) is 3.28. The van der Waals surface area contributed by atoms with E-state index in [1.54, 1.807) is 24.7 Å². The fourth-order valence-electron chi connectivity index (χ4n) is 2.83. The Labute approximate surface area is 167 Å². The van der Waals surface area contributed by atoms with E-state index in [1.807, 2.05) is 42.2 Å². The molecule has 1 atom stereocenters. The lowest BCUT2D eigenvalue weighted by atomic mass is 10.1. The number of carbonyl (C=O) groups is 1. The Morgan fingerprint density at radius 3 is 2.22 bits per heavy atom. The van der Waals surface area contributed by atoms with Crippen molar-refractivity contribution in [3.63, 3.8) is 0 Å². The van der Waals surface area contributed by atoms with Crippen LogP contribution in [-0.2, 0) is 17.9 Å². The van der Waals surface area contributed by atoms with Crippen LogP contribution in [0, 0.1) is 0 Å². The molecule has 0 aliphatic rings. The van der Waals surface area contributed by atoms with E-state index in [1.165, 1.54) is 0 Å². The van der Waals surface area contributed by atoms with Gasteiger partial charge in [-0.25, -0.2) is 0 Å². The molecule has 0 fully saturated rings. The Kier molecular flexibility index (Phi) is 6.61. The Balaban J connectivity index is 1.64. The summed E-state index contributed by atoms with van der Waals surface area (Å²) >= 11 is 12.2. The summed E-state index contributed by atoms with van der Waals surface area (Å²) in [5, 5.41) is 4.06. The zero-order valence-corrected chi connectivity index (χ0v) is 16.3. The highest BCUT2D eigenvalue weighted by Gasteiger charge is 2.18. The molecule has 1 N–H and O–H groups in total. The van der Waals surface area contributed by atoms with Gasteiger partial charge in [0.1, 0.15) is 11.5 Å². The summed E-state index contributed by atoms with van der Waals surface area (Å²) < 4.78 is 10.8. The van der Waals surface area contributed by atoms with Crippen LogP contribution in [0.3, 0.4) is 0 Å². The number of benzene rings is 1. The van der Waals surface area contributed by atoms with E-state index < -0.39 is 0 Å². The number of furan rings is 2. The second-order valence-corrected chi connectivity index (χ2v) is 7.10. The van der Waals surface area contributed by atoms with Gasteiger partial charge in [-0.05, 0) is 48.9 Å². The number of amides is 1. The molecule has 3 aromatic rings. The van der Waals surface area contributed by atoms with Crippen molar-refractivity contribution in [3.05, 3.63) is 82.1 Å². The summed E-state index contributed by atoms with van der Waals surface area (Å²) in [6.45, 7) is 3.07. The summed E-state index contributed by atoms with van der Waals surface area (Å²) in [6.07, 6.45) is 3.23. The van der Waals surface area contributed by atoms with Gasteiger partial charge in [-0.3, -0.25) is 9.69 Å². The highest BCUT2D eigenvalue weighted by molar-refractivity contribution is 6.35. The molecular weight excluding hydrogens is 387 g/mol. The van der Waals surface area contributed by atoms with Crippen molar-refractivity contribution in [3.8, 4) is 0 Å². The molecule has 0 aliphatic heterocycles. The van der Waals surface area contributed by atoms with Crippen molar-refractivity contribution in [2.75, 3.05) is 6.54 Å². The van der Waals surface area contributed by atoms with Gasteiger partial charge in [-0.15, -0.1) is 0 Å². The first-order valence-electron chi connectivity index (χ1n) is 8.52. The van der Waals surface area contributed by atoms with Crippen LogP contribution in [0.1, 0.15) is 30.0 Å². The normalized spacial score (nSPS) is 12.3. The van der Waals surface area contributed by atoms with E-state index in [0.717, 1.165) is 17.1 Å². The molecule has 2 aromatic heterocycles. The lowest BCUT2D eigenvalue weighted by Gasteiger charge is -2.22. The molecule has 0 saturated heterocycles. The first-order valence-corrected chi connectivity index (χ1v) is 9.28. The number of carbonyl (C=O) groups excluding carboxylic acids is 1. The maximum Gasteiger partial charge on any atom is 0.234 e. The van der Waals surface area contributed by atoms with E-state index in [0.29, 0.717) is 23.1 Å². The highest BCUT2D eigenvalue weighted by atomic mass is 35.5. The topological polar surface area (TPSA) is 58.6 Å². The number of hydrogen-bond acceptors (Lipinski definition) is 4. The molecule has 1 aromatic carbocycles. The average molecular weight is 407 g/mol. The van der Waals surface area contributed by atoms with E-state index in [2.05, 4.69) is 5.32 Å². The number of hydrogen-bond donors (Lipinski definition) is 1. The molecule has 1 amide bonds. The molecule has 0 radical (unpaired) electrons. The molecular formula is C20H20Cl2N2O3. The van der Waals surface area contributed by atoms with Crippen LogP contribution in [0.5, 0.6) is 0 Å². The summed E-state index contributed by atoms with van der Waals surface area (Å²) in [5.74, 6) is 1.44. The van der Waals surface area contributed by atoms with Gasteiger partial charge in [0.15, 0.2) is 0 Å². The maximum absolute atomic E-state index is 12.6. The predicted octanol–water partition coefficient (Wildman–Crippen LogP) is 5.06. The molecule has 5 nitrogen and oxygen atoms in total. The summed E-state index contributed by atoms with van der Waals surface area (Å²) in [5.41, 5.74) is 0.818. The standard InChI is InChI=1S/C20H20Cl2N2O3/c1-14(18-7-6-15(21)10-19(18)22)23-20(25)13-24(11-16-4-2-8-26-16)12-17-5-3-9-27-17/h2-10,14H,11-13H2,1H3,(H,23,25)/t14-/m0/s1. The van der Waals surface area contributed by atoms with Gasteiger partial charge in [0.05, 0.1) is 38.2 Å². The van der Waals surface area contributed by atoms with Crippen LogP contribution in [0.4, 0.5) is 0 Å². The molecule has 7 heteroatoms. The SMILES string of the molecule is C[C@H](NC(=O)CN(Cc1ccco1)Cc1ccco1)c1ccc(Cl)cc1Cl. The second kappa shape index (κ2) is 9.13. The summed E-state index contributed by atoms with van der Waals surface area (Å²) in [6, 6.07) is 12.4. The van der Waals surface area contributed by atoms with Crippen LogP contribution in [0.25, 0.3) is 0 Å². The molecule has 0 unspecified atom stereocenters. The van der Waals surface area contributed by atoms with Crippen LogP contribution in [0.15, 0.2) is 63.8 Å². The van der Waals surface area contributed by atoms with E-state index in [9.17, 15) is 4.79 Å². The number of nitrogens with one attached hydrogen (secondary N) is 1. The summed E-state index contributed by atoms with van der Waals surface area (Å²) in [4.78, 5) is 14.5. The van der Waals surface area contributed by atoms with Crippen molar-refractivity contribution in [1.29, 1.82) is 0 Å². The van der Waals surface area contributed by atoms with Crippen LogP contribution < -0.4 is 5.32 Å². The quantitative estimate of drug-likeness (QED) is 0.567. The van der Waals surface area contributed by atoms with Crippen molar-refractivity contribution >= 4 is 29.1 Å². The van der Waals surface area contributed by atoms with Gasteiger partial charge < -0.3 is 14.2 Å².